The number of nitrogens with zero attached hydrogens (tertiary/aromatic N) is 2. The molecule has 0 radical (unpaired) electrons. The topological polar surface area (TPSA) is 29.9 Å². The zero-order chi connectivity index (χ0) is 12.5. The summed E-state index contributed by atoms with van der Waals surface area (Å²) in [7, 11) is 0. The van der Waals surface area contributed by atoms with Crippen LogP contribution in [0.25, 0.3) is 0 Å². The molecule has 0 aromatic carbocycles. The molecule has 0 atom stereocenters. The molecule has 0 bridgehead atoms. The van der Waals surface area contributed by atoms with Crippen molar-refractivity contribution in [2.75, 3.05) is 11.9 Å². The Morgan fingerprint density at radius 2 is 2.00 bits per heavy atom. The van der Waals surface area contributed by atoms with Gasteiger partial charge in [-0.2, -0.15) is 0 Å². The van der Waals surface area contributed by atoms with Crippen molar-refractivity contribution in [2.24, 2.45) is 5.41 Å². The van der Waals surface area contributed by atoms with Gasteiger partial charge < -0.3 is 9.88 Å². The Hall–Kier alpha value is -0.990. The first kappa shape index (κ1) is 12.5. The molecule has 1 aliphatic carbocycles. The lowest BCUT2D eigenvalue weighted by molar-refractivity contribution is 0.437. The zero-order valence-corrected chi connectivity index (χ0v) is 11.6. The van der Waals surface area contributed by atoms with Gasteiger partial charge in [0.15, 0.2) is 0 Å². The number of anilines is 1. The van der Waals surface area contributed by atoms with E-state index in [2.05, 4.69) is 48.8 Å². The predicted octanol–water partition coefficient (Wildman–Crippen LogP) is 3.76. The van der Waals surface area contributed by atoms with Crippen LogP contribution in [-0.2, 0) is 0 Å². The highest BCUT2D eigenvalue weighted by Gasteiger charge is 2.20. The van der Waals surface area contributed by atoms with E-state index in [1.807, 2.05) is 0 Å². The lowest BCUT2D eigenvalue weighted by Crippen LogP contribution is -2.21. The van der Waals surface area contributed by atoms with E-state index >= 15 is 0 Å². The second-order valence-electron chi connectivity index (χ2n) is 6.47. The number of hydrogen-bond donors (Lipinski definition) is 1. The monoisotopic (exact) mass is 235 g/mol. The zero-order valence-electron chi connectivity index (χ0n) is 11.6. The molecule has 1 N–H and O–H groups in total. The summed E-state index contributed by atoms with van der Waals surface area (Å²) in [5.41, 5.74) is 1.41. The quantitative estimate of drug-likeness (QED) is 0.864. The molecule has 0 unspecified atom stereocenters. The maximum Gasteiger partial charge on any atom is 0.203 e. The van der Waals surface area contributed by atoms with Crippen LogP contribution < -0.4 is 5.32 Å². The minimum absolute atomic E-state index is 0.292. The van der Waals surface area contributed by atoms with E-state index in [4.69, 9.17) is 0 Å². The van der Waals surface area contributed by atoms with Crippen molar-refractivity contribution < 1.29 is 0 Å². The largest absolute Gasteiger partial charge is 0.355 e. The second-order valence-corrected chi connectivity index (χ2v) is 6.47. The van der Waals surface area contributed by atoms with Gasteiger partial charge in [-0.05, 0) is 25.2 Å². The van der Waals surface area contributed by atoms with E-state index in [1.54, 1.807) is 0 Å². The normalized spacial score (nSPS) is 17.6. The summed E-state index contributed by atoms with van der Waals surface area (Å²) < 4.78 is 2.36. The van der Waals surface area contributed by atoms with Crippen LogP contribution in [0.4, 0.5) is 5.95 Å². The van der Waals surface area contributed by atoms with Gasteiger partial charge in [0, 0.05) is 18.8 Å². The van der Waals surface area contributed by atoms with E-state index in [-0.39, 0.29) is 0 Å². The Labute approximate surface area is 105 Å². The minimum Gasteiger partial charge on any atom is -0.355 e. The average Bonchev–Trinajstić information content (AvgIpc) is 2.81. The lowest BCUT2D eigenvalue weighted by Gasteiger charge is -2.21. The van der Waals surface area contributed by atoms with Crippen molar-refractivity contribution in [3.8, 4) is 0 Å². The second kappa shape index (κ2) is 4.71. The summed E-state index contributed by atoms with van der Waals surface area (Å²) in [6.45, 7) is 9.78. The summed E-state index contributed by atoms with van der Waals surface area (Å²) in [5.74, 6) is 1.06. The maximum atomic E-state index is 4.61. The molecule has 1 fully saturated rings. The predicted molar refractivity (Wildman–Crippen MR) is 72.4 cm³/mol. The van der Waals surface area contributed by atoms with Gasteiger partial charge in [-0.3, -0.25) is 0 Å². The molecule has 0 spiro atoms. The Morgan fingerprint density at radius 3 is 2.59 bits per heavy atom. The SMILES string of the molecule is Cc1cn(C2CCCC2)c(NCC(C)(C)C)n1. The first-order valence-corrected chi connectivity index (χ1v) is 6.75. The number of imidazole rings is 1. The van der Waals surface area contributed by atoms with Crippen molar-refractivity contribution >= 4 is 5.95 Å². The third kappa shape index (κ3) is 3.24. The molecular formula is C14H25N3. The number of hydrogen-bond acceptors (Lipinski definition) is 2. The molecule has 0 aliphatic heterocycles. The number of aromatic nitrogens is 2. The Balaban J connectivity index is 2.10. The van der Waals surface area contributed by atoms with Gasteiger partial charge in [-0.1, -0.05) is 33.6 Å². The first-order chi connectivity index (χ1) is 7.96. The summed E-state index contributed by atoms with van der Waals surface area (Å²) in [6, 6.07) is 0.665. The van der Waals surface area contributed by atoms with Crippen LogP contribution in [0.15, 0.2) is 6.20 Å². The van der Waals surface area contributed by atoms with Crippen LogP contribution in [0, 0.1) is 12.3 Å². The number of aryl methyl sites for hydroxylation is 1. The van der Waals surface area contributed by atoms with Gasteiger partial charge in [0.05, 0.1) is 5.69 Å². The van der Waals surface area contributed by atoms with Crippen molar-refractivity contribution in [1.82, 2.24) is 9.55 Å². The first-order valence-electron chi connectivity index (χ1n) is 6.75. The smallest absolute Gasteiger partial charge is 0.203 e. The van der Waals surface area contributed by atoms with Crippen LogP contribution in [0.5, 0.6) is 0 Å². The molecular weight excluding hydrogens is 210 g/mol. The molecule has 3 heteroatoms. The lowest BCUT2D eigenvalue weighted by atomic mass is 9.97. The summed E-state index contributed by atoms with van der Waals surface area (Å²) in [6.07, 6.45) is 7.53. The highest BCUT2D eigenvalue weighted by atomic mass is 15.2. The molecule has 1 saturated carbocycles. The molecule has 0 amide bonds. The van der Waals surface area contributed by atoms with E-state index in [1.165, 1.54) is 25.7 Å². The van der Waals surface area contributed by atoms with Crippen molar-refractivity contribution in [3.05, 3.63) is 11.9 Å². The molecule has 1 aliphatic rings. The fourth-order valence-electron chi connectivity index (χ4n) is 2.45. The molecule has 96 valence electrons. The molecule has 3 nitrogen and oxygen atoms in total. The van der Waals surface area contributed by atoms with Gasteiger partial charge in [-0.15, -0.1) is 0 Å². The van der Waals surface area contributed by atoms with Crippen LogP contribution in [0.3, 0.4) is 0 Å². The summed E-state index contributed by atoms with van der Waals surface area (Å²) in [5, 5.41) is 3.50. The third-order valence-electron chi connectivity index (χ3n) is 3.35. The van der Waals surface area contributed by atoms with Crippen molar-refractivity contribution in [1.29, 1.82) is 0 Å². The fraction of sp³-hybridized carbons (Fsp3) is 0.786. The van der Waals surface area contributed by atoms with Gasteiger partial charge in [0.25, 0.3) is 0 Å². The summed E-state index contributed by atoms with van der Waals surface area (Å²) >= 11 is 0. The summed E-state index contributed by atoms with van der Waals surface area (Å²) in [4.78, 5) is 4.61. The molecule has 0 saturated heterocycles. The van der Waals surface area contributed by atoms with Gasteiger partial charge in [-0.25, -0.2) is 4.98 Å². The number of nitrogens with one attached hydrogen (secondary N) is 1. The number of rotatable bonds is 3. The Morgan fingerprint density at radius 1 is 1.35 bits per heavy atom. The molecule has 17 heavy (non-hydrogen) atoms. The van der Waals surface area contributed by atoms with E-state index < -0.39 is 0 Å². The van der Waals surface area contributed by atoms with E-state index in [0.717, 1.165) is 18.2 Å². The van der Waals surface area contributed by atoms with Crippen LogP contribution in [0.2, 0.25) is 0 Å². The Kier molecular flexibility index (Phi) is 3.45. The van der Waals surface area contributed by atoms with Crippen LogP contribution >= 0.6 is 0 Å². The molecule has 2 rings (SSSR count). The maximum absolute atomic E-state index is 4.61. The fourth-order valence-corrected chi connectivity index (χ4v) is 2.45. The van der Waals surface area contributed by atoms with Crippen LogP contribution in [-0.4, -0.2) is 16.1 Å². The average molecular weight is 235 g/mol. The molecule has 1 aromatic rings. The minimum atomic E-state index is 0.292. The highest BCUT2D eigenvalue weighted by Crippen LogP contribution is 2.32. The van der Waals surface area contributed by atoms with Crippen molar-refractivity contribution in [3.63, 3.8) is 0 Å². The van der Waals surface area contributed by atoms with Gasteiger partial charge >= 0.3 is 0 Å². The van der Waals surface area contributed by atoms with Gasteiger partial charge in [0.1, 0.15) is 0 Å². The van der Waals surface area contributed by atoms with Crippen molar-refractivity contribution in [2.45, 2.75) is 59.4 Å². The molecule has 1 aromatic heterocycles. The Bertz CT molecular complexity index is 367. The standard InChI is InChI=1S/C14H25N3/c1-11-9-17(12-7-5-6-8-12)13(16-11)15-10-14(2,3)4/h9,12H,5-8,10H2,1-4H3,(H,15,16). The van der Waals surface area contributed by atoms with Crippen LogP contribution in [0.1, 0.15) is 58.2 Å². The van der Waals surface area contributed by atoms with E-state index in [9.17, 15) is 0 Å². The van der Waals surface area contributed by atoms with E-state index in [0.29, 0.717) is 11.5 Å². The van der Waals surface area contributed by atoms with Gasteiger partial charge in [0.2, 0.25) is 5.95 Å². The highest BCUT2D eigenvalue weighted by molar-refractivity contribution is 5.30. The molecule has 1 heterocycles. The third-order valence-corrected chi connectivity index (χ3v) is 3.35.